The fraction of sp³-hybridized carbons (Fsp3) is 0.333. The second kappa shape index (κ2) is 7.85. The molecule has 0 radical (unpaired) electrons. The van der Waals surface area contributed by atoms with Gasteiger partial charge < -0.3 is 4.90 Å². The molecule has 0 spiro atoms. The van der Waals surface area contributed by atoms with Crippen LogP contribution in [0.4, 0.5) is 0 Å². The van der Waals surface area contributed by atoms with Gasteiger partial charge in [0.05, 0.1) is 10.5 Å². The van der Waals surface area contributed by atoms with Crippen LogP contribution in [0.3, 0.4) is 0 Å². The molecular formula is C18H20BrN3O3S. The molecule has 8 heteroatoms. The van der Waals surface area contributed by atoms with Gasteiger partial charge in [-0.3, -0.25) is 9.78 Å². The number of benzene rings is 1. The van der Waals surface area contributed by atoms with E-state index >= 15 is 0 Å². The molecule has 1 amide bonds. The van der Waals surface area contributed by atoms with Crippen LogP contribution in [0.15, 0.2) is 52.1 Å². The zero-order valence-electron chi connectivity index (χ0n) is 14.4. The lowest BCUT2D eigenvalue weighted by atomic mass is 10.2. The summed E-state index contributed by atoms with van der Waals surface area (Å²) in [5.74, 6) is -0.251. The highest BCUT2D eigenvalue weighted by Crippen LogP contribution is 2.26. The molecule has 3 rings (SSSR count). The first-order valence-corrected chi connectivity index (χ1v) is 10.6. The first kappa shape index (κ1) is 19.0. The van der Waals surface area contributed by atoms with Crippen molar-refractivity contribution in [1.82, 2.24) is 14.2 Å². The van der Waals surface area contributed by atoms with Gasteiger partial charge in [0.25, 0.3) is 5.91 Å². The molecule has 0 atom stereocenters. The smallest absolute Gasteiger partial charge is 0.255 e. The SMILES string of the molecule is CN(Cc1cccnc1)C(=O)c1cc(S(=O)(=O)N2CCCC2)ccc1Br. The van der Waals surface area contributed by atoms with Gasteiger partial charge in [0.1, 0.15) is 0 Å². The molecule has 2 heterocycles. The van der Waals surface area contributed by atoms with E-state index in [1.807, 2.05) is 12.1 Å². The van der Waals surface area contributed by atoms with Crippen LogP contribution in [0.2, 0.25) is 0 Å². The van der Waals surface area contributed by atoms with E-state index in [1.165, 1.54) is 16.4 Å². The molecule has 0 aliphatic carbocycles. The molecule has 6 nitrogen and oxygen atoms in total. The first-order valence-electron chi connectivity index (χ1n) is 8.33. The minimum Gasteiger partial charge on any atom is -0.337 e. The second-order valence-corrected chi connectivity index (χ2v) is 9.07. The Morgan fingerprint density at radius 2 is 2.00 bits per heavy atom. The van der Waals surface area contributed by atoms with Gasteiger partial charge in [0.15, 0.2) is 0 Å². The maximum Gasteiger partial charge on any atom is 0.255 e. The van der Waals surface area contributed by atoms with Gasteiger partial charge in [-0.15, -0.1) is 0 Å². The number of hydrogen-bond donors (Lipinski definition) is 0. The van der Waals surface area contributed by atoms with Crippen LogP contribution in [0, 0.1) is 0 Å². The number of amides is 1. The van der Waals surface area contributed by atoms with Gasteiger partial charge in [0.2, 0.25) is 10.0 Å². The molecule has 1 aliphatic rings. The molecule has 0 saturated carbocycles. The third-order valence-corrected chi connectivity index (χ3v) is 6.95. The normalized spacial score (nSPS) is 15.2. The number of nitrogens with zero attached hydrogens (tertiary/aromatic N) is 3. The lowest BCUT2D eigenvalue weighted by molar-refractivity contribution is 0.0784. The molecular weight excluding hydrogens is 418 g/mol. The van der Waals surface area contributed by atoms with Gasteiger partial charge in [0, 0.05) is 43.5 Å². The van der Waals surface area contributed by atoms with Crippen molar-refractivity contribution in [3.8, 4) is 0 Å². The molecule has 1 aliphatic heterocycles. The van der Waals surface area contributed by atoms with E-state index in [1.54, 1.807) is 30.4 Å². The Morgan fingerprint density at radius 3 is 2.65 bits per heavy atom. The van der Waals surface area contributed by atoms with E-state index in [-0.39, 0.29) is 10.8 Å². The van der Waals surface area contributed by atoms with Crippen LogP contribution in [0.5, 0.6) is 0 Å². The van der Waals surface area contributed by atoms with Crippen molar-refractivity contribution in [3.05, 3.63) is 58.3 Å². The summed E-state index contributed by atoms with van der Waals surface area (Å²) in [5, 5.41) is 0. The van der Waals surface area contributed by atoms with Crippen molar-refractivity contribution in [1.29, 1.82) is 0 Å². The number of hydrogen-bond acceptors (Lipinski definition) is 4. The summed E-state index contributed by atoms with van der Waals surface area (Å²) in [6, 6.07) is 8.32. The third kappa shape index (κ3) is 3.97. The maximum absolute atomic E-state index is 12.8. The number of carbonyl (C=O) groups excluding carboxylic acids is 1. The number of rotatable bonds is 5. The van der Waals surface area contributed by atoms with Gasteiger partial charge in [-0.25, -0.2) is 8.42 Å². The summed E-state index contributed by atoms with van der Waals surface area (Å²) in [6.07, 6.45) is 5.12. The predicted molar refractivity (Wildman–Crippen MR) is 102 cm³/mol. The number of halogens is 1. The van der Waals surface area contributed by atoms with Gasteiger partial charge >= 0.3 is 0 Å². The van der Waals surface area contributed by atoms with Crippen LogP contribution in [0.1, 0.15) is 28.8 Å². The zero-order chi connectivity index (χ0) is 18.7. The molecule has 1 aromatic carbocycles. The Balaban J connectivity index is 1.86. The number of pyridine rings is 1. The van der Waals surface area contributed by atoms with E-state index in [9.17, 15) is 13.2 Å². The molecule has 26 heavy (non-hydrogen) atoms. The Labute approximate surface area is 162 Å². The Morgan fingerprint density at radius 1 is 1.27 bits per heavy atom. The summed E-state index contributed by atoms with van der Waals surface area (Å²) in [4.78, 5) is 18.6. The summed E-state index contributed by atoms with van der Waals surface area (Å²) in [7, 11) is -1.88. The predicted octanol–water partition coefficient (Wildman–Crippen LogP) is 2.90. The van der Waals surface area contributed by atoms with E-state index in [0.717, 1.165) is 18.4 Å². The summed E-state index contributed by atoms with van der Waals surface area (Å²) in [6.45, 7) is 1.45. The third-order valence-electron chi connectivity index (χ3n) is 4.36. The van der Waals surface area contributed by atoms with Crippen molar-refractivity contribution in [2.45, 2.75) is 24.3 Å². The van der Waals surface area contributed by atoms with Crippen LogP contribution < -0.4 is 0 Å². The highest BCUT2D eigenvalue weighted by Gasteiger charge is 2.28. The van der Waals surface area contributed by atoms with E-state index < -0.39 is 10.0 Å². The van der Waals surface area contributed by atoms with Crippen LogP contribution >= 0.6 is 15.9 Å². The van der Waals surface area contributed by atoms with Crippen molar-refractivity contribution < 1.29 is 13.2 Å². The number of carbonyl (C=O) groups is 1. The fourth-order valence-electron chi connectivity index (χ4n) is 2.95. The first-order chi connectivity index (χ1) is 12.4. The van der Waals surface area contributed by atoms with E-state index in [0.29, 0.717) is 29.7 Å². The minimum absolute atomic E-state index is 0.153. The van der Waals surface area contributed by atoms with Crippen molar-refractivity contribution in [2.75, 3.05) is 20.1 Å². The quantitative estimate of drug-likeness (QED) is 0.720. The topological polar surface area (TPSA) is 70.6 Å². The molecule has 2 aromatic rings. The standard InChI is InChI=1S/C18H20BrN3O3S/c1-21(13-14-5-4-8-20-12-14)18(23)16-11-15(6-7-17(16)19)26(24,25)22-9-2-3-10-22/h4-8,11-12H,2-3,9-10,13H2,1H3. The minimum atomic E-state index is -3.56. The lowest BCUT2D eigenvalue weighted by Gasteiger charge is -2.20. The molecule has 1 saturated heterocycles. The second-order valence-electron chi connectivity index (χ2n) is 6.28. The summed E-state index contributed by atoms with van der Waals surface area (Å²) >= 11 is 3.37. The number of sulfonamides is 1. The Bertz CT molecular complexity index is 897. The highest BCUT2D eigenvalue weighted by molar-refractivity contribution is 9.10. The molecule has 1 fully saturated rings. The summed E-state index contributed by atoms with van der Waals surface area (Å²) < 4.78 is 27.6. The molecule has 1 aromatic heterocycles. The van der Waals surface area contributed by atoms with Crippen LogP contribution in [-0.2, 0) is 16.6 Å². The average molecular weight is 438 g/mol. The maximum atomic E-state index is 12.8. The Hall–Kier alpha value is -1.77. The molecule has 0 unspecified atom stereocenters. The summed E-state index contributed by atoms with van der Waals surface area (Å²) in [5.41, 5.74) is 1.23. The molecule has 138 valence electrons. The van der Waals surface area contributed by atoms with Crippen LogP contribution in [0.25, 0.3) is 0 Å². The van der Waals surface area contributed by atoms with Crippen LogP contribution in [-0.4, -0.2) is 48.7 Å². The number of aromatic nitrogens is 1. The van der Waals surface area contributed by atoms with Crippen molar-refractivity contribution in [3.63, 3.8) is 0 Å². The largest absolute Gasteiger partial charge is 0.337 e. The molecule has 0 bridgehead atoms. The Kier molecular flexibility index (Phi) is 5.74. The van der Waals surface area contributed by atoms with Gasteiger partial charge in [-0.1, -0.05) is 6.07 Å². The fourth-order valence-corrected chi connectivity index (χ4v) is 4.91. The lowest BCUT2D eigenvalue weighted by Crippen LogP contribution is -2.29. The van der Waals surface area contributed by atoms with Crippen molar-refractivity contribution >= 4 is 31.9 Å². The zero-order valence-corrected chi connectivity index (χ0v) is 16.8. The average Bonchev–Trinajstić information content (AvgIpc) is 3.18. The van der Waals surface area contributed by atoms with Gasteiger partial charge in [-0.2, -0.15) is 4.31 Å². The monoisotopic (exact) mass is 437 g/mol. The van der Waals surface area contributed by atoms with E-state index in [4.69, 9.17) is 0 Å². The van der Waals surface area contributed by atoms with Gasteiger partial charge in [-0.05, 0) is 58.6 Å². The van der Waals surface area contributed by atoms with E-state index in [2.05, 4.69) is 20.9 Å². The van der Waals surface area contributed by atoms with Crippen molar-refractivity contribution in [2.24, 2.45) is 0 Å². The highest BCUT2D eigenvalue weighted by atomic mass is 79.9. The molecule has 0 N–H and O–H groups in total.